The number of amides is 1. The van der Waals surface area contributed by atoms with Crippen LogP contribution in [0.2, 0.25) is 0 Å². The van der Waals surface area contributed by atoms with Crippen LogP contribution in [0.5, 0.6) is 0 Å². The number of sulfonamides is 1. The lowest BCUT2D eigenvalue weighted by Crippen LogP contribution is -2.30. The number of hydrogen-bond acceptors (Lipinski definition) is 5. The van der Waals surface area contributed by atoms with Gasteiger partial charge in [0.25, 0.3) is 5.91 Å². The molecule has 1 N–H and O–H groups in total. The van der Waals surface area contributed by atoms with Crippen molar-refractivity contribution in [3.63, 3.8) is 0 Å². The van der Waals surface area contributed by atoms with Gasteiger partial charge in [0.05, 0.1) is 22.8 Å². The van der Waals surface area contributed by atoms with Crippen molar-refractivity contribution >= 4 is 21.6 Å². The van der Waals surface area contributed by atoms with E-state index in [-0.39, 0.29) is 16.8 Å². The molecule has 1 aromatic heterocycles. The van der Waals surface area contributed by atoms with Crippen LogP contribution in [0.1, 0.15) is 41.7 Å². The van der Waals surface area contributed by atoms with Gasteiger partial charge in [-0.1, -0.05) is 12.1 Å². The number of nitrogens with zero attached hydrogens (tertiary/aromatic N) is 4. The predicted octanol–water partition coefficient (Wildman–Crippen LogP) is 3.21. The molecule has 33 heavy (non-hydrogen) atoms. The molecule has 1 fully saturated rings. The van der Waals surface area contributed by atoms with Crippen molar-refractivity contribution in [3.8, 4) is 5.69 Å². The highest BCUT2D eigenvalue weighted by molar-refractivity contribution is 7.89. The van der Waals surface area contributed by atoms with Gasteiger partial charge in [0.2, 0.25) is 10.0 Å². The number of carbonyl (C=O) groups is 1. The Bertz CT molecular complexity index is 1220. The van der Waals surface area contributed by atoms with Crippen molar-refractivity contribution in [2.24, 2.45) is 0 Å². The Kier molecular flexibility index (Phi) is 6.53. The van der Waals surface area contributed by atoms with Gasteiger partial charge in [-0.25, -0.2) is 17.7 Å². The fraction of sp³-hybridized carbons (Fsp3) is 0.333. The number of rotatable bonds is 7. The zero-order chi connectivity index (χ0) is 23.6. The first-order valence-electron chi connectivity index (χ1n) is 11.0. The summed E-state index contributed by atoms with van der Waals surface area (Å²) < 4.78 is 28.4. The molecule has 1 saturated heterocycles. The molecule has 1 aliphatic heterocycles. The van der Waals surface area contributed by atoms with E-state index in [9.17, 15) is 13.2 Å². The van der Waals surface area contributed by atoms with Gasteiger partial charge in [-0.3, -0.25) is 4.79 Å². The summed E-state index contributed by atoms with van der Waals surface area (Å²) in [6, 6.07) is 12.4. The van der Waals surface area contributed by atoms with Gasteiger partial charge in [-0.2, -0.15) is 0 Å². The molecule has 4 rings (SSSR count). The summed E-state index contributed by atoms with van der Waals surface area (Å²) in [5.41, 5.74) is 3.08. The summed E-state index contributed by atoms with van der Waals surface area (Å²) in [7, 11) is -0.683. The second kappa shape index (κ2) is 9.36. The molecule has 1 atom stereocenters. The molecular formula is C24H29N5O3S. The SMILES string of the molecule is C[C@H](NC(=O)c1cc(S(=O)(=O)N(C)C)ccc1N1CCCC1)c1ccc(-n2ccnc2)cc1. The Balaban J connectivity index is 1.60. The van der Waals surface area contributed by atoms with Gasteiger partial charge in [-0.05, 0) is 55.7 Å². The first-order valence-corrected chi connectivity index (χ1v) is 12.4. The summed E-state index contributed by atoms with van der Waals surface area (Å²) >= 11 is 0. The topological polar surface area (TPSA) is 87.5 Å². The predicted molar refractivity (Wildman–Crippen MR) is 128 cm³/mol. The molecule has 0 spiro atoms. The minimum atomic E-state index is -3.65. The third-order valence-corrected chi connectivity index (χ3v) is 7.79. The van der Waals surface area contributed by atoms with E-state index in [1.807, 2.05) is 42.0 Å². The van der Waals surface area contributed by atoms with Crippen molar-refractivity contribution in [1.29, 1.82) is 0 Å². The Labute approximate surface area is 194 Å². The van der Waals surface area contributed by atoms with Crippen LogP contribution in [0.3, 0.4) is 0 Å². The van der Waals surface area contributed by atoms with E-state index in [2.05, 4.69) is 15.2 Å². The maximum Gasteiger partial charge on any atom is 0.253 e. The Hall–Kier alpha value is -3.17. The monoisotopic (exact) mass is 467 g/mol. The quantitative estimate of drug-likeness (QED) is 0.577. The number of hydrogen-bond donors (Lipinski definition) is 1. The molecule has 0 aliphatic carbocycles. The maximum absolute atomic E-state index is 13.4. The number of aromatic nitrogens is 2. The average Bonchev–Trinajstić information content (AvgIpc) is 3.53. The van der Waals surface area contributed by atoms with E-state index in [0.717, 1.165) is 47.2 Å². The molecule has 3 aromatic rings. The second-order valence-electron chi connectivity index (χ2n) is 8.42. The van der Waals surface area contributed by atoms with E-state index >= 15 is 0 Å². The van der Waals surface area contributed by atoms with Gasteiger partial charge in [0.15, 0.2) is 0 Å². The van der Waals surface area contributed by atoms with E-state index in [1.54, 1.807) is 24.7 Å². The van der Waals surface area contributed by atoms with Crippen molar-refractivity contribution in [2.45, 2.75) is 30.7 Å². The van der Waals surface area contributed by atoms with Gasteiger partial charge in [0.1, 0.15) is 0 Å². The summed E-state index contributed by atoms with van der Waals surface area (Å²) in [6.07, 6.45) is 7.43. The summed E-state index contributed by atoms with van der Waals surface area (Å²) in [5.74, 6) is -0.293. The molecule has 2 heterocycles. The number of carbonyl (C=O) groups excluding carboxylic acids is 1. The molecule has 2 aromatic carbocycles. The van der Waals surface area contributed by atoms with Crippen LogP contribution in [-0.4, -0.2) is 55.4 Å². The fourth-order valence-electron chi connectivity index (χ4n) is 4.01. The van der Waals surface area contributed by atoms with Crippen LogP contribution < -0.4 is 10.2 Å². The molecule has 174 valence electrons. The molecular weight excluding hydrogens is 438 g/mol. The molecule has 0 radical (unpaired) electrons. The zero-order valence-electron chi connectivity index (χ0n) is 19.1. The number of anilines is 1. The van der Waals surface area contributed by atoms with Gasteiger partial charge in [-0.15, -0.1) is 0 Å². The lowest BCUT2D eigenvalue weighted by Gasteiger charge is -2.23. The average molecular weight is 468 g/mol. The largest absolute Gasteiger partial charge is 0.371 e. The molecule has 0 saturated carbocycles. The summed E-state index contributed by atoms with van der Waals surface area (Å²) in [4.78, 5) is 19.7. The lowest BCUT2D eigenvalue weighted by atomic mass is 10.1. The van der Waals surface area contributed by atoms with E-state index in [4.69, 9.17) is 0 Å². The maximum atomic E-state index is 13.4. The normalized spacial score (nSPS) is 15.1. The minimum Gasteiger partial charge on any atom is -0.371 e. The van der Waals surface area contributed by atoms with E-state index in [0.29, 0.717) is 5.56 Å². The van der Waals surface area contributed by atoms with Crippen LogP contribution in [-0.2, 0) is 10.0 Å². The molecule has 8 nitrogen and oxygen atoms in total. The molecule has 9 heteroatoms. The Morgan fingerprint density at radius 2 is 1.79 bits per heavy atom. The second-order valence-corrected chi connectivity index (χ2v) is 10.6. The van der Waals surface area contributed by atoms with Crippen LogP contribution >= 0.6 is 0 Å². The van der Waals surface area contributed by atoms with Gasteiger partial charge in [0, 0.05) is 51.0 Å². The minimum absolute atomic E-state index is 0.109. The van der Waals surface area contributed by atoms with Crippen molar-refractivity contribution in [1.82, 2.24) is 19.2 Å². The highest BCUT2D eigenvalue weighted by Crippen LogP contribution is 2.29. The third-order valence-electron chi connectivity index (χ3n) is 5.98. The van der Waals surface area contributed by atoms with Crippen LogP contribution in [0.15, 0.2) is 66.1 Å². The lowest BCUT2D eigenvalue weighted by molar-refractivity contribution is 0.0940. The number of nitrogens with one attached hydrogen (secondary N) is 1. The molecule has 1 amide bonds. The van der Waals surface area contributed by atoms with Crippen LogP contribution in [0, 0.1) is 0 Å². The van der Waals surface area contributed by atoms with E-state index < -0.39 is 10.0 Å². The number of imidazole rings is 1. The van der Waals surface area contributed by atoms with Crippen molar-refractivity contribution < 1.29 is 13.2 Å². The first kappa shape index (κ1) is 23.0. The van der Waals surface area contributed by atoms with Gasteiger partial charge < -0.3 is 14.8 Å². The van der Waals surface area contributed by atoms with Crippen molar-refractivity contribution in [3.05, 3.63) is 72.3 Å². The smallest absolute Gasteiger partial charge is 0.253 e. The summed E-state index contributed by atoms with van der Waals surface area (Å²) in [6.45, 7) is 3.62. The van der Waals surface area contributed by atoms with Crippen molar-refractivity contribution in [2.75, 3.05) is 32.1 Å². The Morgan fingerprint density at radius 3 is 2.39 bits per heavy atom. The zero-order valence-corrected chi connectivity index (χ0v) is 19.9. The van der Waals surface area contributed by atoms with Crippen LogP contribution in [0.25, 0.3) is 5.69 Å². The number of benzene rings is 2. The first-order chi connectivity index (χ1) is 15.8. The highest BCUT2D eigenvalue weighted by Gasteiger charge is 2.25. The third kappa shape index (κ3) is 4.79. The van der Waals surface area contributed by atoms with Crippen LogP contribution in [0.4, 0.5) is 5.69 Å². The molecule has 0 unspecified atom stereocenters. The Morgan fingerprint density at radius 1 is 1.09 bits per heavy atom. The highest BCUT2D eigenvalue weighted by atomic mass is 32.2. The van der Waals surface area contributed by atoms with Gasteiger partial charge >= 0.3 is 0 Å². The molecule has 1 aliphatic rings. The fourth-order valence-corrected chi connectivity index (χ4v) is 4.94. The summed E-state index contributed by atoms with van der Waals surface area (Å²) in [5, 5.41) is 3.05. The van der Waals surface area contributed by atoms with E-state index in [1.165, 1.54) is 20.2 Å². The molecule has 0 bridgehead atoms. The standard InChI is InChI=1S/C24H29N5O3S/c1-18(19-6-8-20(9-7-19)29-15-12-25-17-29)26-24(30)22-16-21(33(31,32)27(2)3)10-11-23(22)28-13-4-5-14-28/h6-12,15-18H,4-5,13-14H2,1-3H3,(H,26,30)/t18-/m0/s1.